The highest BCUT2D eigenvalue weighted by molar-refractivity contribution is 5.88. The Morgan fingerprint density at radius 1 is 0.576 bits per heavy atom. The third-order valence-corrected chi connectivity index (χ3v) is 11.2. The molecule has 6 aromatic carbocycles. The van der Waals surface area contributed by atoms with E-state index in [1.165, 1.54) is 61.3 Å². The maximum Gasteiger partial charge on any atom is 0.0467 e. The molecule has 6 aromatic rings. The van der Waals surface area contributed by atoms with Gasteiger partial charge in [-0.15, -0.1) is 0 Å². The first kappa shape index (κ1) is 40.6. The second-order valence-corrected chi connectivity index (χ2v) is 15.6. The molecule has 0 N–H and O–H groups in total. The van der Waals surface area contributed by atoms with Crippen molar-refractivity contribution in [3.05, 3.63) is 223 Å². The fraction of sp³-hybridized carbons (Fsp3) is 0.158. The van der Waals surface area contributed by atoms with Crippen LogP contribution >= 0.6 is 0 Å². The lowest BCUT2D eigenvalue weighted by Gasteiger charge is -2.28. The summed E-state index contributed by atoms with van der Waals surface area (Å²) in [6, 6.07) is 54.7. The number of allylic oxidation sites excluding steroid dienone is 11. The van der Waals surface area contributed by atoms with Gasteiger partial charge in [-0.1, -0.05) is 184 Å². The zero-order chi connectivity index (χ0) is 41.1. The number of benzene rings is 6. The average Bonchev–Trinajstić information content (AvgIpc) is 3.28. The van der Waals surface area contributed by atoms with Gasteiger partial charge in [0.2, 0.25) is 0 Å². The minimum Gasteiger partial charge on any atom is -0.377 e. The highest BCUT2D eigenvalue weighted by Gasteiger charge is 2.18. The van der Waals surface area contributed by atoms with Crippen molar-refractivity contribution in [2.45, 2.75) is 34.1 Å². The molecule has 2 atom stereocenters. The van der Waals surface area contributed by atoms with Crippen LogP contribution in [0.3, 0.4) is 0 Å². The largest absolute Gasteiger partial charge is 0.377 e. The lowest BCUT2D eigenvalue weighted by Crippen LogP contribution is -2.16. The molecule has 2 nitrogen and oxygen atoms in total. The van der Waals surface area contributed by atoms with Gasteiger partial charge in [0, 0.05) is 48.3 Å². The topological polar surface area (TPSA) is 6.48 Å². The second kappa shape index (κ2) is 19.2. The monoisotopic (exact) mass is 768 g/mol. The summed E-state index contributed by atoms with van der Waals surface area (Å²) in [7, 11) is 4.27. The van der Waals surface area contributed by atoms with Crippen LogP contribution in [0.1, 0.15) is 45.2 Å². The van der Waals surface area contributed by atoms with Crippen molar-refractivity contribution in [1.82, 2.24) is 0 Å². The first-order chi connectivity index (χ1) is 28.8. The standard InChI is InChI=1S/C57H56N2/c1-7-19-53(40-44(4)55-30-18-31-56(58(5)6)57(55)43(3)21-16-27-45-22-15-14-20-42(45)2)59(54-29-17-28-51(41-54)47-25-12-9-13-26-47)52-38-36-50(37-39-52)49-34-32-48(33-35-49)46-23-10-8-11-24-46/h8-42,45H,7H2,1-6H3/b27-16-,43-21+,44-40+,53-19+. The zero-order valence-corrected chi connectivity index (χ0v) is 35.4. The Kier molecular flexibility index (Phi) is 13.2. The molecule has 1 aliphatic carbocycles. The van der Waals surface area contributed by atoms with E-state index in [-0.39, 0.29) is 0 Å². The van der Waals surface area contributed by atoms with Crippen LogP contribution in [-0.4, -0.2) is 14.1 Å². The van der Waals surface area contributed by atoms with Gasteiger partial charge in [-0.2, -0.15) is 0 Å². The molecule has 1 aliphatic rings. The second-order valence-electron chi connectivity index (χ2n) is 15.6. The first-order valence-electron chi connectivity index (χ1n) is 20.9. The molecule has 2 unspecified atom stereocenters. The number of anilines is 3. The molecule has 0 saturated carbocycles. The molecule has 0 spiro atoms. The van der Waals surface area contributed by atoms with E-state index < -0.39 is 0 Å². The normalized spacial score (nSPS) is 15.8. The van der Waals surface area contributed by atoms with E-state index in [4.69, 9.17) is 0 Å². The number of hydrogen-bond acceptors (Lipinski definition) is 2. The molecule has 2 heteroatoms. The SMILES string of the molecule is CC/C=C(\C=C(/C)c1cccc(N(C)C)c1/C(C)=C/C=C\C1C=CC=CC1C)N(c1ccc(-c2ccc(-c3ccccc3)cc2)cc1)c1cccc(-c2ccccc2)c1. The Hall–Kier alpha value is -6.64. The smallest absolute Gasteiger partial charge is 0.0467 e. The molecule has 0 saturated heterocycles. The molecule has 0 heterocycles. The van der Waals surface area contributed by atoms with Crippen molar-refractivity contribution in [2.75, 3.05) is 23.9 Å². The predicted octanol–water partition coefficient (Wildman–Crippen LogP) is 15.6. The molecule has 0 fully saturated rings. The van der Waals surface area contributed by atoms with Crippen LogP contribution < -0.4 is 9.80 Å². The van der Waals surface area contributed by atoms with Crippen LogP contribution in [-0.2, 0) is 0 Å². The summed E-state index contributed by atoms with van der Waals surface area (Å²) in [4.78, 5) is 4.64. The van der Waals surface area contributed by atoms with Gasteiger partial charge >= 0.3 is 0 Å². The van der Waals surface area contributed by atoms with Crippen LogP contribution in [0.15, 0.2) is 212 Å². The van der Waals surface area contributed by atoms with E-state index in [0.29, 0.717) is 11.8 Å². The van der Waals surface area contributed by atoms with E-state index in [1.807, 2.05) is 0 Å². The molecule has 0 amide bonds. The predicted molar refractivity (Wildman–Crippen MR) is 258 cm³/mol. The molecule has 0 radical (unpaired) electrons. The number of hydrogen-bond donors (Lipinski definition) is 0. The molecular formula is C57H56N2. The van der Waals surface area contributed by atoms with Crippen molar-refractivity contribution in [3.63, 3.8) is 0 Å². The molecule has 294 valence electrons. The number of rotatable bonds is 13. The van der Waals surface area contributed by atoms with Gasteiger partial charge in [0.1, 0.15) is 0 Å². The van der Waals surface area contributed by atoms with E-state index in [0.717, 1.165) is 23.5 Å². The van der Waals surface area contributed by atoms with E-state index >= 15 is 0 Å². The van der Waals surface area contributed by atoms with Gasteiger partial charge in [0.25, 0.3) is 0 Å². The molecular weight excluding hydrogens is 713 g/mol. The van der Waals surface area contributed by atoms with Crippen molar-refractivity contribution in [2.24, 2.45) is 11.8 Å². The van der Waals surface area contributed by atoms with Gasteiger partial charge in [0.05, 0.1) is 0 Å². The Balaban J connectivity index is 1.29. The zero-order valence-electron chi connectivity index (χ0n) is 35.4. The summed E-state index contributed by atoms with van der Waals surface area (Å²) in [6.07, 6.45) is 21.3. The first-order valence-corrected chi connectivity index (χ1v) is 20.9. The summed E-state index contributed by atoms with van der Waals surface area (Å²) in [5.41, 5.74) is 16.7. The van der Waals surface area contributed by atoms with E-state index in [9.17, 15) is 0 Å². The van der Waals surface area contributed by atoms with Crippen LogP contribution in [0.4, 0.5) is 17.1 Å². The summed E-state index contributed by atoms with van der Waals surface area (Å²) in [6.45, 7) is 9.00. The van der Waals surface area contributed by atoms with Crippen molar-refractivity contribution < 1.29 is 0 Å². The Morgan fingerprint density at radius 2 is 1.14 bits per heavy atom. The third kappa shape index (κ3) is 9.74. The molecule has 0 aromatic heterocycles. The summed E-state index contributed by atoms with van der Waals surface area (Å²) in [5.74, 6) is 0.888. The van der Waals surface area contributed by atoms with Gasteiger partial charge in [-0.3, -0.25) is 0 Å². The minimum atomic E-state index is 0.400. The average molecular weight is 769 g/mol. The van der Waals surface area contributed by atoms with Crippen molar-refractivity contribution in [1.29, 1.82) is 0 Å². The minimum absolute atomic E-state index is 0.400. The van der Waals surface area contributed by atoms with Crippen molar-refractivity contribution >= 4 is 28.2 Å². The van der Waals surface area contributed by atoms with Crippen LogP contribution in [0.25, 0.3) is 44.5 Å². The summed E-state index contributed by atoms with van der Waals surface area (Å²) >= 11 is 0. The van der Waals surface area contributed by atoms with E-state index in [2.05, 4.69) is 258 Å². The maximum atomic E-state index is 2.41. The lowest BCUT2D eigenvalue weighted by molar-refractivity contribution is 0.605. The molecule has 59 heavy (non-hydrogen) atoms. The highest BCUT2D eigenvalue weighted by atomic mass is 15.1. The summed E-state index contributed by atoms with van der Waals surface area (Å²) in [5, 5.41) is 0. The maximum absolute atomic E-state index is 2.41. The molecule has 0 bridgehead atoms. The Morgan fingerprint density at radius 3 is 1.75 bits per heavy atom. The van der Waals surface area contributed by atoms with Crippen LogP contribution in [0, 0.1) is 11.8 Å². The van der Waals surface area contributed by atoms with Crippen molar-refractivity contribution in [3.8, 4) is 33.4 Å². The third-order valence-electron chi connectivity index (χ3n) is 11.2. The van der Waals surface area contributed by atoms with Gasteiger partial charge in [0.15, 0.2) is 0 Å². The van der Waals surface area contributed by atoms with Gasteiger partial charge in [-0.25, -0.2) is 0 Å². The Bertz CT molecular complexity index is 2510. The quantitative estimate of drug-likeness (QED) is 0.108. The van der Waals surface area contributed by atoms with Crippen LogP contribution in [0.2, 0.25) is 0 Å². The summed E-state index contributed by atoms with van der Waals surface area (Å²) < 4.78 is 0. The molecule has 7 rings (SSSR count). The fourth-order valence-electron chi connectivity index (χ4n) is 7.96. The highest BCUT2D eigenvalue weighted by Crippen LogP contribution is 2.38. The van der Waals surface area contributed by atoms with Gasteiger partial charge < -0.3 is 9.80 Å². The fourth-order valence-corrected chi connectivity index (χ4v) is 7.96. The van der Waals surface area contributed by atoms with Gasteiger partial charge in [-0.05, 0) is 113 Å². The van der Waals surface area contributed by atoms with E-state index in [1.54, 1.807) is 0 Å². The lowest BCUT2D eigenvalue weighted by atomic mass is 9.89. The molecule has 0 aliphatic heterocycles. The van der Waals surface area contributed by atoms with Crippen LogP contribution in [0.5, 0.6) is 0 Å². The Labute approximate surface area is 353 Å². The number of nitrogens with zero attached hydrogens (tertiary/aromatic N) is 2.